The summed E-state index contributed by atoms with van der Waals surface area (Å²) in [5, 5.41) is 13.6. The zero-order chi connectivity index (χ0) is 21.4. The number of anilines is 1. The van der Waals surface area contributed by atoms with Crippen molar-refractivity contribution in [1.82, 2.24) is 4.90 Å². The van der Waals surface area contributed by atoms with Gasteiger partial charge in [-0.3, -0.25) is 9.69 Å². The van der Waals surface area contributed by atoms with Gasteiger partial charge >= 0.3 is 5.97 Å². The lowest BCUT2D eigenvalue weighted by molar-refractivity contribution is -0.117. The first kappa shape index (κ1) is 23.0. The van der Waals surface area contributed by atoms with Crippen LogP contribution >= 0.6 is 23.2 Å². The van der Waals surface area contributed by atoms with Crippen LogP contribution in [-0.4, -0.2) is 61.8 Å². The van der Waals surface area contributed by atoms with Crippen molar-refractivity contribution in [3.63, 3.8) is 0 Å². The SMILES string of the molecule is COC(=O)c1ccc(OCC(O)CN(C)CC(=O)Nc2ccc(Cl)c(Cl)c2)cc1. The Balaban J connectivity index is 1.75. The molecule has 0 aliphatic heterocycles. The number of methoxy groups -OCH3 is 1. The normalized spacial score (nSPS) is 11.8. The largest absolute Gasteiger partial charge is 0.491 e. The Kier molecular flexibility index (Phi) is 8.72. The van der Waals surface area contributed by atoms with Gasteiger partial charge in [-0.2, -0.15) is 0 Å². The van der Waals surface area contributed by atoms with E-state index >= 15 is 0 Å². The second-order valence-electron chi connectivity index (χ2n) is 6.35. The van der Waals surface area contributed by atoms with Gasteiger partial charge in [-0.15, -0.1) is 0 Å². The monoisotopic (exact) mass is 440 g/mol. The quantitative estimate of drug-likeness (QED) is 0.582. The summed E-state index contributed by atoms with van der Waals surface area (Å²) in [5.74, 6) is -0.175. The van der Waals surface area contributed by atoms with Gasteiger partial charge in [0, 0.05) is 12.2 Å². The number of halogens is 2. The van der Waals surface area contributed by atoms with Gasteiger partial charge < -0.3 is 19.9 Å². The molecule has 0 saturated heterocycles. The van der Waals surface area contributed by atoms with Crippen LogP contribution in [0.1, 0.15) is 10.4 Å². The van der Waals surface area contributed by atoms with Crippen LogP contribution in [0.25, 0.3) is 0 Å². The first-order chi connectivity index (χ1) is 13.8. The topological polar surface area (TPSA) is 88.1 Å². The maximum absolute atomic E-state index is 12.1. The molecule has 0 heterocycles. The van der Waals surface area contributed by atoms with Crippen molar-refractivity contribution in [2.45, 2.75) is 6.10 Å². The third kappa shape index (κ3) is 7.55. The summed E-state index contributed by atoms with van der Waals surface area (Å²) in [4.78, 5) is 25.2. The van der Waals surface area contributed by atoms with E-state index in [1.165, 1.54) is 7.11 Å². The molecule has 2 rings (SSSR count). The van der Waals surface area contributed by atoms with Crippen molar-refractivity contribution in [3.05, 3.63) is 58.1 Å². The van der Waals surface area contributed by atoms with Crippen LogP contribution in [0, 0.1) is 0 Å². The van der Waals surface area contributed by atoms with Gasteiger partial charge in [-0.05, 0) is 49.5 Å². The number of hydrogen-bond acceptors (Lipinski definition) is 6. The fraction of sp³-hybridized carbons (Fsp3) is 0.300. The standard InChI is InChI=1S/C20H22Cl2N2O5/c1-24(11-19(26)23-14-5-8-17(21)18(22)9-14)10-15(25)12-29-16-6-3-13(4-7-16)20(27)28-2/h3-9,15,25H,10-12H2,1-2H3,(H,23,26). The summed E-state index contributed by atoms with van der Waals surface area (Å²) in [6, 6.07) is 11.2. The lowest BCUT2D eigenvalue weighted by Gasteiger charge is -2.20. The van der Waals surface area contributed by atoms with E-state index in [-0.39, 0.29) is 25.6 Å². The molecule has 29 heavy (non-hydrogen) atoms. The van der Waals surface area contributed by atoms with Crippen molar-refractivity contribution >= 4 is 40.8 Å². The number of amides is 1. The number of carbonyl (C=O) groups is 2. The summed E-state index contributed by atoms with van der Waals surface area (Å²) in [5.41, 5.74) is 0.949. The molecule has 0 aliphatic rings. The van der Waals surface area contributed by atoms with Gasteiger partial charge in [-0.25, -0.2) is 4.79 Å². The first-order valence-corrected chi connectivity index (χ1v) is 9.46. The van der Waals surface area contributed by atoms with E-state index in [1.54, 1.807) is 54.4 Å². The van der Waals surface area contributed by atoms with E-state index in [9.17, 15) is 14.7 Å². The Bertz CT molecular complexity index is 845. The van der Waals surface area contributed by atoms with Crippen LogP contribution in [0.3, 0.4) is 0 Å². The van der Waals surface area contributed by atoms with Gasteiger partial charge in [0.05, 0.1) is 29.3 Å². The molecule has 2 N–H and O–H groups in total. The molecule has 1 atom stereocenters. The molecule has 0 bridgehead atoms. The van der Waals surface area contributed by atoms with Gasteiger partial charge in [0.2, 0.25) is 5.91 Å². The van der Waals surface area contributed by atoms with Crippen molar-refractivity contribution in [2.75, 3.05) is 39.2 Å². The Morgan fingerprint density at radius 1 is 1.14 bits per heavy atom. The molecule has 2 aromatic carbocycles. The molecule has 7 nitrogen and oxygen atoms in total. The van der Waals surface area contributed by atoms with E-state index in [0.29, 0.717) is 27.0 Å². The number of nitrogens with zero attached hydrogens (tertiary/aromatic N) is 1. The molecule has 2 aromatic rings. The number of esters is 1. The third-order valence-electron chi connectivity index (χ3n) is 3.86. The van der Waals surface area contributed by atoms with Crippen LogP contribution in [0.15, 0.2) is 42.5 Å². The molecule has 0 radical (unpaired) electrons. The number of nitrogens with one attached hydrogen (secondary N) is 1. The predicted octanol–water partition coefficient (Wildman–Crippen LogP) is 3.09. The number of rotatable bonds is 9. The van der Waals surface area contributed by atoms with E-state index in [1.807, 2.05) is 0 Å². The minimum Gasteiger partial charge on any atom is -0.491 e. The molecular weight excluding hydrogens is 419 g/mol. The third-order valence-corrected chi connectivity index (χ3v) is 4.60. The number of carbonyl (C=O) groups excluding carboxylic acids is 2. The molecule has 156 valence electrons. The zero-order valence-corrected chi connectivity index (χ0v) is 17.5. The molecule has 1 unspecified atom stereocenters. The minimum atomic E-state index is -0.807. The highest BCUT2D eigenvalue weighted by molar-refractivity contribution is 6.42. The molecule has 0 aliphatic carbocycles. The van der Waals surface area contributed by atoms with Crippen molar-refractivity contribution in [2.24, 2.45) is 0 Å². The van der Waals surface area contributed by atoms with Crippen LogP contribution in [0.5, 0.6) is 5.75 Å². The van der Waals surface area contributed by atoms with Crippen LogP contribution < -0.4 is 10.1 Å². The summed E-state index contributed by atoms with van der Waals surface area (Å²) in [6.07, 6.45) is -0.807. The number of aliphatic hydroxyl groups excluding tert-OH is 1. The summed E-state index contributed by atoms with van der Waals surface area (Å²) >= 11 is 11.8. The maximum atomic E-state index is 12.1. The molecular formula is C20H22Cl2N2O5. The molecule has 0 saturated carbocycles. The van der Waals surface area contributed by atoms with Gasteiger partial charge in [0.25, 0.3) is 0 Å². The average molecular weight is 441 g/mol. The minimum absolute atomic E-state index is 0.0380. The number of ether oxygens (including phenoxy) is 2. The maximum Gasteiger partial charge on any atom is 0.337 e. The van der Waals surface area contributed by atoms with E-state index in [0.717, 1.165) is 0 Å². The molecule has 0 spiro atoms. The number of likely N-dealkylation sites (N-methyl/N-ethyl adjacent to an activating group) is 1. The van der Waals surface area contributed by atoms with Gasteiger partial charge in [0.15, 0.2) is 0 Å². The second kappa shape index (κ2) is 11.0. The Morgan fingerprint density at radius 2 is 1.83 bits per heavy atom. The summed E-state index contributed by atoms with van der Waals surface area (Å²) in [7, 11) is 3.02. The predicted molar refractivity (Wildman–Crippen MR) is 112 cm³/mol. The summed E-state index contributed by atoms with van der Waals surface area (Å²) < 4.78 is 10.1. The fourth-order valence-electron chi connectivity index (χ4n) is 2.49. The van der Waals surface area contributed by atoms with Crippen LogP contribution in [-0.2, 0) is 9.53 Å². The van der Waals surface area contributed by atoms with E-state index in [2.05, 4.69) is 10.1 Å². The smallest absolute Gasteiger partial charge is 0.337 e. The van der Waals surface area contributed by atoms with Crippen LogP contribution in [0.2, 0.25) is 10.0 Å². The van der Waals surface area contributed by atoms with Crippen molar-refractivity contribution < 1.29 is 24.2 Å². The van der Waals surface area contributed by atoms with E-state index < -0.39 is 12.1 Å². The molecule has 1 amide bonds. The van der Waals surface area contributed by atoms with Crippen molar-refractivity contribution in [1.29, 1.82) is 0 Å². The lowest BCUT2D eigenvalue weighted by Crippen LogP contribution is -2.37. The number of hydrogen-bond donors (Lipinski definition) is 2. The highest BCUT2D eigenvalue weighted by atomic mass is 35.5. The molecule has 0 fully saturated rings. The summed E-state index contributed by atoms with van der Waals surface area (Å²) in [6.45, 7) is 0.344. The van der Waals surface area contributed by atoms with Gasteiger partial charge in [-0.1, -0.05) is 23.2 Å². The number of aliphatic hydroxyl groups is 1. The average Bonchev–Trinajstić information content (AvgIpc) is 2.68. The molecule has 9 heteroatoms. The highest BCUT2D eigenvalue weighted by Crippen LogP contribution is 2.24. The zero-order valence-electron chi connectivity index (χ0n) is 16.0. The Morgan fingerprint density at radius 3 is 2.45 bits per heavy atom. The first-order valence-electron chi connectivity index (χ1n) is 8.71. The highest BCUT2D eigenvalue weighted by Gasteiger charge is 2.13. The van der Waals surface area contributed by atoms with E-state index in [4.69, 9.17) is 27.9 Å². The van der Waals surface area contributed by atoms with Crippen LogP contribution in [0.4, 0.5) is 5.69 Å². The number of benzene rings is 2. The Labute approximate surface area is 179 Å². The second-order valence-corrected chi connectivity index (χ2v) is 7.17. The lowest BCUT2D eigenvalue weighted by atomic mass is 10.2. The Hall–Kier alpha value is -2.32. The van der Waals surface area contributed by atoms with Crippen molar-refractivity contribution in [3.8, 4) is 5.75 Å². The van der Waals surface area contributed by atoms with Gasteiger partial charge in [0.1, 0.15) is 18.5 Å². The fourth-order valence-corrected chi connectivity index (χ4v) is 2.79. The molecule has 0 aromatic heterocycles.